The third-order valence-electron chi connectivity index (χ3n) is 3.64. The van der Waals surface area contributed by atoms with E-state index in [-0.39, 0.29) is 11.9 Å². The van der Waals surface area contributed by atoms with Crippen molar-refractivity contribution >= 4 is 23.3 Å². The largest absolute Gasteiger partial charge is 0.337 e. The summed E-state index contributed by atoms with van der Waals surface area (Å²) in [5.41, 5.74) is 2.29. The van der Waals surface area contributed by atoms with E-state index in [1.807, 2.05) is 19.1 Å². The molecule has 0 saturated carbocycles. The first kappa shape index (κ1) is 19.0. The summed E-state index contributed by atoms with van der Waals surface area (Å²) in [6.45, 7) is 8.95. The van der Waals surface area contributed by atoms with Crippen LogP contribution in [0.2, 0.25) is 0 Å². The molecule has 0 aliphatic heterocycles. The van der Waals surface area contributed by atoms with Gasteiger partial charge < -0.3 is 21.3 Å². The van der Waals surface area contributed by atoms with Crippen LogP contribution in [0.1, 0.15) is 39.2 Å². The quantitative estimate of drug-likeness (QED) is 0.556. The molecule has 4 N–H and O–H groups in total. The van der Waals surface area contributed by atoms with Crippen molar-refractivity contribution in [2.24, 2.45) is 0 Å². The first-order valence-electron chi connectivity index (χ1n) is 8.12. The second-order valence-electron chi connectivity index (χ2n) is 5.56. The van der Waals surface area contributed by atoms with Crippen LogP contribution in [0.5, 0.6) is 0 Å². The van der Waals surface area contributed by atoms with Crippen molar-refractivity contribution in [2.45, 2.75) is 46.6 Å². The minimum atomic E-state index is -0.256. The van der Waals surface area contributed by atoms with Crippen LogP contribution in [0.3, 0.4) is 0 Å². The number of urea groups is 1. The van der Waals surface area contributed by atoms with Gasteiger partial charge in [0.1, 0.15) is 0 Å². The van der Waals surface area contributed by atoms with Gasteiger partial charge in [0, 0.05) is 37.4 Å². The van der Waals surface area contributed by atoms with Crippen molar-refractivity contribution in [3.63, 3.8) is 0 Å². The van der Waals surface area contributed by atoms with Gasteiger partial charge in [-0.3, -0.25) is 4.79 Å². The standard InChI is InChI=1S/C17H28N4O2/c1-5-14(6-2)18-9-10-19-17(23)21-15-8-7-12(3)16(11-15)20-13(4)22/h7-8,11,14,18H,5-6,9-10H2,1-4H3,(H,20,22)(H2,19,21,23). The van der Waals surface area contributed by atoms with Crippen molar-refractivity contribution in [1.82, 2.24) is 10.6 Å². The average Bonchev–Trinajstić information content (AvgIpc) is 2.50. The number of carbonyl (C=O) groups excluding carboxylic acids is 2. The lowest BCUT2D eigenvalue weighted by molar-refractivity contribution is -0.114. The molecule has 0 saturated heterocycles. The Kier molecular flexibility index (Phi) is 8.11. The zero-order chi connectivity index (χ0) is 17.2. The average molecular weight is 320 g/mol. The molecule has 0 aliphatic rings. The SMILES string of the molecule is CCC(CC)NCCNC(=O)Nc1ccc(C)c(NC(C)=O)c1. The summed E-state index contributed by atoms with van der Waals surface area (Å²) in [6.07, 6.45) is 2.16. The maximum atomic E-state index is 11.9. The third kappa shape index (κ3) is 7.15. The Balaban J connectivity index is 2.43. The molecule has 6 heteroatoms. The molecule has 0 radical (unpaired) electrons. The smallest absolute Gasteiger partial charge is 0.319 e. The molecule has 1 rings (SSSR count). The summed E-state index contributed by atoms with van der Waals surface area (Å²) >= 11 is 0. The molecule has 1 aromatic carbocycles. The van der Waals surface area contributed by atoms with Crippen LogP contribution in [-0.2, 0) is 4.79 Å². The first-order valence-corrected chi connectivity index (χ1v) is 8.12. The van der Waals surface area contributed by atoms with Gasteiger partial charge in [0.25, 0.3) is 0 Å². The van der Waals surface area contributed by atoms with Crippen LogP contribution in [0.15, 0.2) is 18.2 Å². The van der Waals surface area contributed by atoms with Gasteiger partial charge in [0.2, 0.25) is 5.91 Å². The van der Waals surface area contributed by atoms with Gasteiger partial charge in [-0.1, -0.05) is 19.9 Å². The maximum absolute atomic E-state index is 11.9. The predicted molar refractivity (Wildman–Crippen MR) is 94.9 cm³/mol. The molecule has 23 heavy (non-hydrogen) atoms. The van der Waals surface area contributed by atoms with Crippen LogP contribution < -0.4 is 21.3 Å². The molecule has 128 valence electrons. The van der Waals surface area contributed by atoms with E-state index >= 15 is 0 Å². The number of carbonyl (C=O) groups is 2. The highest BCUT2D eigenvalue weighted by atomic mass is 16.2. The Morgan fingerprint density at radius 3 is 2.39 bits per heavy atom. The van der Waals surface area contributed by atoms with E-state index in [4.69, 9.17) is 0 Å². The fourth-order valence-electron chi connectivity index (χ4n) is 2.23. The lowest BCUT2D eigenvalue weighted by Crippen LogP contribution is -2.38. The first-order chi connectivity index (χ1) is 11.0. The number of nitrogens with one attached hydrogen (secondary N) is 4. The van der Waals surface area contributed by atoms with Crippen molar-refractivity contribution in [3.05, 3.63) is 23.8 Å². The lowest BCUT2D eigenvalue weighted by atomic mass is 10.2. The molecule has 6 nitrogen and oxygen atoms in total. The number of amides is 3. The maximum Gasteiger partial charge on any atom is 0.319 e. The molecular weight excluding hydrogens is 292 g/mol. The monoisotopic (exact) mass is 320 g/mol. The fourth-order valence-corrected chi connectivity index (χ4v) is 2.23. The van der Waals surface area contributed by atoms with Crippen LogP contribution >= 0.6 is 0 Å². The van der Waals surface area contributed by atoms with E-state index in [1.54, 1.807) is 6.07 Å². The molecule has 0 unspecified atom stereocenters. The van der Waals surface area contributed by atoms with Gasteiger partial charge in [-0.15, -0.1) is 0 Å². The molecular formula is C17H28N4O2. The number of hydrogen-bond donors (Lipinski definition) is 4. The van der Waals surface area contributed by atoms with Crippen LogP contribution in [0.4, 0.5) is 16.2 Å². The minimum Gasteiger partial charge on any atom is -0.337 e. The Morgan fingerprint density at radius 1 is 1.09 bits per heavy atom. The van der Waals surface area contributed by atoms with Crippen LogP contribution in [0.25, 0.3) is 0 Å². The Labute approximate surface area is 138 Å². The van der Waals surface area contributed by atoms with Crippen molar-refractivity contribution in [1.29, 1.82) is 0 Å². The summed E-state index contributed by atoms with van der Waals surface area (Å²) in [6, 6.07) is 5.66. The van der Waals surface area contributed by atoms with Gasteiger partial charge in [-0.05, 0) is 37.5 Å². The highest BCUT2D eigenvalue weighted by Gasteiger charge is 2.06. The Bertz CT molecular complexity index is 527. The molecule has 0 aromatic heterocycles. The Morgan fingerprint density at radius 2 is 1.78 bits per heavy atom. The number of aryl methyl sites for hydroxylation is 1. The summed E-state index contributed by atoms with van der Waals surface area (Å²) in [5.74, 6) is -0.137. The zero-order valence-corrected chi connectivity index (χ0v) is 14.5. The van der Waals surface area contributed by atoms with E-state index in [9.17, 15) is 9.59 Å². The summed E-state index contributed by atoms with van der Waals surface area (Å²) in [7, 11) is 0. The van der Waals surface area contributed by atoms with Gasteiger partial charge >= 0.3 is 6.03 Å². The van der Waals surface area contributed by atoms with E-state index in [1.165, 1.54) is 6.92 Å². The number of hydrogen-bond acceptors (Lipinski definition) is 3. The molecule has 0 atom stereocenters. The topological polar surface area (TPSA) is 82.3 Å². The fraction of sp³-hybridized carbons (Fsp3) is 0.529. The van der Waals surface area contributed by atoms with Gasteiger partial charge in [-0.2, -0.15) is 0 Å². The van der Waals surface area contributed by atoms with Gasteiger partial charge in [-0.25, -0.2) is 4.79 Å². The number of anilines is 2. The zero-order valence-electron chi connectivity index (χ0n) is 14.5. The molecule has 0 heterocycles. The van der Waals surface area contributed by atoms with Crippen molar-refractivity contribution < 1.29 is 9.59 Å². The minimum absolute atomic E-state index is 0.137. The predicted octanol–water partition coefficient (Wildman–Crippen LogP) is 2.85. The molecule has 1 aromatic rings. The van der Waals surface area contributed by atoms with Crippen LogP contribution in [0, 0.1) is 6.92 Å². The lowest BCUT2D eigenvalue weighted by Gasteiger charge is -2.15. The highest BCUT2D eigenvalue weighted by Crippen LogP contribution is 2.20. The number of rotatable bonds is 8. The highest BCUT2D eigenvalue weighted by molar-refractivity contribution is 5.93. The molecule has 0 aliphatic carbocycles. The van der Waals surface area contributed by atoms with Gasteiger partial charge in [0.05, 0.1) is 0 Å². The molecule has 0 fully saturated rings. The second-order valence-corrected chi connectivity index (χ2v) is 5.56. The molecule has 0 spiro atoms. The third-order valence-corrected chi connectivity index (χ3v) is 3.64. The van der Waals surface area contributed by atoms with E-state index < -0.39 is 0 Å². The second kappa shape index (κ2) is 9.84. The summed E-state index contributed by atoms with van der Waals surface area (Å²) in [5, 5.41) is 11.7. The van der Waals surface area contributed by atoms with Gasteiger partial charge in [0.15, 0.2) is 0 Å². The molecule has 0 bridgehead atoms. The normalized spacial score (nSPS) is 10.5. The summed E-state index contributed by atoms with van der Waals surface area (Å²) < 4.78 is 0. The number of benzene rings is 1. The molecule has 3 amide bonds. The van der Waals surface area contributed by atoms with E-state index in [0.29, 0.717) is 24.0 Å². The van der Waals surface area contributed by atoms with E-state index in [2.05, 4.69) is 35.1 Å². The van der Waals surface area contributed by atoms with Crippen molar-refractivity contribution in [2.75, 3.05) is 23.7 Å². The van der Waals surface area contributed by atoms with E-state index in [0.717, 1.165) is 24.9 Å². The van der Waals surface area contributed by atoms with Crippen LogP contribution in [-0.4, -0.2) is 31.1 Å². The Hall–Kier alpha value is -2.08. The van der Waals surface area contributed by atoms with Crippen molar-refractivity contribution in [3.8, 4) is 0 Å². The summed E-state index contributed by atoms with van der Waals surface area (Å²) in [4.78, 5) is 23.0.